The average Bonchev–Trinajstić information content (AvgIpc) is 2.95. The zero-order valence-corrected chi connectivity index (χ0v) is 16.2. The van der Waals surface area contributed by atoms with Crippen LogP contribution >= 0.6 is 27.5 Å². The van der Waals surface area contributed by atoms with Crippen molar-refractivity contribution in [3.05, 3.63) is 27.6 Å². The van der Waals surface area contributed by atoms with E-state index in [9.17, 15) is 4.79 Å². The van der Waals surface area contributed by atoms with Crippen LogP contribution in [-0.4, -0.2) is 51.2 Å². The first kappa shape index (κ1) is 17.2. The van der Waals surface area contributed by atoms with Crippen molar-refractivity contribution in [1.29, 1.82) is 0 Å². The molecule has 6 nitrogen and oxygen atoms in total. The SMILES string of the molecule is O=C(OC[C@@H]1CCCN2CCCC[C@@H]12)c1nn2cc(Br)cnc2c1Cl. The number of rotatable bonds is 3. The third-order valence-corrected chi connectivity index (χ3v) is 5.99. The van der Waals surface area contributed by atoms with Gasteiger partial charge in [0.1, 0.15) is 5.02 Å². The van der Waals surface area contributed by atoms with Crippen molar-refractivity contribution in [2.24, 2.45) is 5.92 Å². The second-order valence-corrected chi connectivity index (χ2v) is 8.10. The third kappa shape index (κ3) is 3.41. The minimum atomic E-state index is -0.473. The Balaban J connectivity index is 1.46. The van der Waals surface area contributed by atoms with Gasteiger partial charge in [-0.3, -0.25) is 4.90 Å². The molecule has 2 aliphatic heterocycles. The highest BCUT2D eigenvalue weighted by Gasteiger charge is 2.34. The van der Waals surface area contributed by atoms with Crippen LogP contribution in [0.1, 0.15) is 42.6 Å². The van der Waals surface area contributed by atoms with E-state index in [1.165, 1.54) is 43.3 Å². The second-order valence-electron chi connectivity index (χ2n) is 6.80. The van der Waals surface area contributed by atoms with Crippen LogP contribution in [0, 0.1) is 5.92 Å². The summed E-state index contributed by atoms with van der Waals surface area (Å²) in [7, 11) is 0. The van der Waals surface area contributed by atoms with E-state index < -0.39 is 5.97 Å². The Hall–Kier alpha value is -1.18. The Kier molecular flexibility index (Phi) is 4.97. The summed E-state index contributed by atoms with van der Waals surface area (Å²) in [6, 6.07) is 0.546. The summed E-state index contributed by atoms with van der Waals surface area (Å²) in [5, 5.41) is 4.46. The van der Waals surface area contributed by atoms with Crippen molar-refractivity contribution in [3.63, 3.8) is 0 Å². The van der Waals surface area contributed by atoms with Gasteiger partial charge >= 0.3 is 5.97 Å². The molecule has 2 aromatic rings. The van der Waals surface area contributed by atoms with Gasteiger partial charge in [-0.1, -0.05) is 18.0 Å². The minimum absolute atomic E-state index is 0.128. The maximum atomic E-state index is 12.5. The lowest BCUT2D eigenvalue weighted by Gasteiger charge is -2.44. The Bertz CT molecular complexity index is 794. The van der Waals surface area contributed by atoms with Crippen LogP contribution in [0.2, 0.25) is 5.02 Å². The third-order valence-electron chi connectivity index (χ3n) is 5.24. The van der Waals surface area contributed by atoms with Gasteiger partial charge < -0.3 is 4.74 Å². The van der Waals surface area contributed by atoms with Crippen molar-refractivity contribution in [1.82, 2.24) is 19.5 Å². The van der Waals surface area contributed by atoms with Gasteiger partial charge in [-0.15, -0.1) is 0 Å². The predicted octanol–water partition coefficient (Wildman–Crippen LogP) is 3.57. The number of halogens is 2. The fraction of sp³-hybridized carbons (Fsp3) is 0.588. The molecule has 2 aliphatic rings. The van der Waals surface area contributed by atoms with E-state index in [1.54, 1.807) is 12.4 Å². The van der Waals surface area contributed by atoms with Crippen molar-refractivity contribution < 1.29 is 9.53 Å². The number of nitrogens with zero attached hydrogens (tertiary/aromatic N) is 4. The predicted molar refractivity (Wildman–Crippen MR) is 97.9 cm³/mol. The first-order valence-electron chi connectivity index (χ1n) is 8.74. The van der Waals surface area contributed by atoms with Gasteiger partial charge in [0.2, 0.25) is 0 Å². The normalized spacial score (nSPS) is 24.2. The number of aromatic nitrogens is 3. The van der Waals surface area contributed by atoms with E-state index in [1.807, 2.05) is 0 Å². The van der Waals surface area contributed by atoms with Crippen LogP contribution in [0.3, 0.4) is 0 Å². The van der Waals surface area contributed by atoms with E-state index in [-0.39, 0.29) is 10.7 Å². The number of carbonyl (C=O) groups is 1. The Labute approximate surface area is 159 Å². The molecule has 25 heavy (non-hydrogen) atoms. The largest absolute Gasteiger partial charge is 0.461 e. The molecule has 8 heteroatoms. The molecule has 134 valence electrons. The lowest BCUT2D eigenvalue weighted by molar-refractivity contribution is 0.00701. The molecule has 2 saturated heterocycles. The van der Waals surface area contributed by atoms with E-state index >= 15 is 0 Å². The first-order chi connectivity index (χ1) is 12.1. The molecule has 2 atom stereocenters. The lowest BCUT2D eigenvalue weighted by Crippen LogP contribution is -2.49. The zero-order chi connectivity index (χ0) is 17.4. The second kappa shape index (κ2) is 7.21. The highest BCUT2D eigenvalue weighted by atomic mass is 79.9. The van der Waals surface area contributed by atoms with Gasteiger partial charge in [-0.05, 0) is 54.7 Å². The number of fused-ring (bicyclic) bond motifs is 2. The summed E-state index contributed by atoms with van der Waals surface area (Å²) in [4.78, 5) is 19.2. The van der Waals surface area contributed by atoms with Gasteiger partial charge in [0, 0.05) is 24.4 Å². The summed E-state index contributed by atoms with van der Waals surface area (Å²) >= 11 is 9.60. The standard InChI is InChI=1S/C17H20BrClN4O2/c18-12-8-20-16-14(19)15(21-23(16)9-12)17(24)25-10-11-4-3-7-22-6-2-1-5-13(11)22/h8-9,11,13H,1-7,10H2/t11-,13-/m0/s1. The van der Waals surface area contributed by atoms with Crippen LogP contribution in [0.5, 0.6) is 0 Å². The molecule has 4 rings (SSSR count). The average molecular weight is 428 g/mol. The Morgan fingerprint density at radius 3 is 3.04 bits per heavy atom. The molecule has 0 saturated carbocycles. The van der Waals surface area contributed by atoms with Crippen LogP contribution in [0.4, 0.5) is 0 Å². The van der Waals surface area contributed by atoms with E-state index in [0.29, 0.717) is 24.2 Å². The lowest BCUT2D eigenvalue weighted by atomic mass is 9.84. The topological polar surface area (TPSA) is 59.7 Å². The molecule has 0 spiro atoms. The molecule has 2 aromatic heterocycles. The van der Waals surface area contributed by atoms with Crippen molar-refractivity contribution in [2.45, 2.75) is 38.1 Å². The number of hydrogen-bond acceptors (Lipinski definition) is 5. The zero-order valence-electron chi connectivity index (χ0n) is 13.8. The molecule has 2 fully saturated rings. The fourth-order valence-electron chi connectivity index (χ4n) is 4.04. The summed E-state index contributed by atoms with van der Waals surface area (Å²) in [6.45, 7) is 2.78. The number of hydrogen-bond donors (Lipinski definition) is 0. The summed E-state index contributed by atoms with van der Waals surface area (Å²) in [5.41, 5.74) is 0.580. The highest BCUT2D eigenvalue weighted by molar-refractivity contribution is 9.10. The highest BCUT2D eigenvalue weighted by Crippen LogP contribution is 2.31. The number of esters is 1. The number of ether oxygens (including phenoxy) is 1. The molecule has 0 unspecified atom stereocenters. The van der Waals surface area contributed by atoms with Gasteiger partial charge in [0.05, 0.1) is 11.1 Å². The van der Waals surface area contributed by atoms with E-state index in [0.717, 1.165) is 10.9 Å². The van der Waals surface area contributed by atoms with Crippen molar-refractivity contribution in [2.75, 3.05) is 19.7 Å². The van der Waals surface area contributed by atoms with Crippen LogP contribution in [0.15, 0.2) is 16.9 Å². The van der Waals surface area contributed by atoms with E-state index in [2.05, 4.69) is 30.9 Å². The van der Waals surface area contributed by atoms with Gasteiger partial charge in [0.15, 0.2) is 11.3 Å². The van der Waals surface area contributed by atoms with Crippen molar-refractivity contribution >= 4 is 39.1 Å². The Morgan fingerprint density at radius 1 is 1.32 bits per heavy atom. The summed E-state index contributed by atoms with van der Waals surface area (Å²) in [5.74, 6) is -0.0689. The van der Waals surface area contributed by atoms with Crippen LogP contribution in [-0.2, 0) is 4.74 Å². The van der Waals surface area contributed by atoms with Gasteiger partial charge in [-0.25, -0.2) is 14.3 Å². The maximum absolute atomic E-state index is 12.5. The number of carbonyl (C=O) groups excluding carboxylic acids is 1. The molecule has 0 N–H and O–H groups in total. The van der Waals surface area contributed by atoms with Gasteiger partial charge in [0.25, 0.3) is 0 Å². The molecular weight excluding hydrogens is 408 g/mol. The fourth-order valence-corrected chi connectivity index (χ4v) is 4.58. The molecule has 0 bridgehead atoms. The molecule has 0 radical (unpaired) electrons. The van der Waals surface area contributed by atoms with Crippen molar-refractivity contribution in [3.8, 4) is 0 Å². The molecular formula is C17H20BrClN4O2. The van der Waals surface area contributed by atoms with Gasteiger partial charge in [-0.2, -0.15) is 5.10 Å². The number of piperidine rings is 2. The van der Waals surface area contributed by atoms with E-state index in [4.69, 9.17) is 16.3 Å². The molecule has 0 aliphatic carbocycles. The Morgan fingerprint density at radius 2 is 2.16 bits per heavy atom. The monoisotopic (exact) mass is 426 g/mol. The summed E-state index contributed by atoms with van der Waals surface area (Å²) in [6.07, 6.45) is 9.37. The molecule has 0 amide bonds. The smallest absolute Gasteiger partial charge is 0.360 e. The molecule has 4 heterocycles. The molecule has 0 aromatic carbocycles. The van der Waals surface area contributed by atoms with Crippen LogP contribution < -0.4 is 0 Å². The minimum Gasteiger partial charge on any atom is -0.461 e. The first-order valence-corrected chi connectivity index (χ1v) is 9.91. The summed E-state index contributed by atoms with van der Waals surface area (Å²) < 4.78 is 7.85. The maximum Gasteiger partial charge on any atom is 0.360 e. The van der Waals surface area contributed by atoms with Crippen LogP contribution in [0.25, 0.3) is 5.65 Å². The quantitative estimate of drug-likeness (QED) is 0.701.